The van der Waals surface area contributed by atoms with Crippen LogP contribution in [-0.2, 0) is 37.8 Å². The van der Waals surface area contributed by atoms with Gasteiger partial charge in [-0.05, 0) is 63.4 Å². The molecule has 0 saturated carbocycles. The highest BCUT2D eigenvalue weighted by Gasteiger charge is 2.68. The molecule has 0 aliphatic carbocycles. The molecule has 14 nitrogen and oxygen atoms in total. The summed E-state index contributed by atoms with van der Waals surface area (Å²) in [5.41, 5.74) is -6.76. The van der Waals surface area contributed by atoms with Crippen molar-refractivity contribution >= 4 is 32.1 Å². The number of likely N-dealkylation sites (N-methyl/N-ethyl adjacent to an activating group) is 1. The molecular weight excluding hydrogens is 618 g/mol. The minimum Gasteiger partial charge on any atom is -0.376 e. The van der Waals surface area contributed by atoms with E-state index in [2.05, 4.69) is 10.2 Å². The van der Waals surface area contributed by atoms with E-state index in [1.807, 2.05) is 33.0 Å². The van der Waals surface area contributed by atoms with Gasteiger partial charge in [0.15, 0.2) is 14.1 Å². The van der Waals surface area contributed by atoms with Crippen LogP contribution in [0, 0.1) is 12.7 Å². The first kappa shape index (κ1) is 38.0. The molecular formula is C31H42BFN4O10. The summed E-state index contributed by atoms with van der Waals surface area (Å²) >= 11 is 0. The molecule has 0 bridgehead atoms. The van der Waals surface area contributed by atoms with Crippen LogP contribution in [0.15, 0.2) is 36.4 Å². The molecule has 0 spiro atoms. The van der Waals surface area contributed by atoms with E-state index in [-0.39, 0.29) is 28.1 Å². The average Bonchev–Trinajstić information content (AvgIpc) is 2.93. The third kappa shape index (κ3) is 7.65. The third-order valence-electron chi connectivity index (χ3n) is 7.93. The number of carbonyl (C=O) groups excluding carboxylic acids is 3. The lowest BCUT2D eigenvalue weighted by atomic mass is 9.82. The number of ether oxygens (including phenoxy) is 1. The SMILES string of the molecule is [B]C(O)(Nc1cccc(C)c1CN(C=O)C(O)(C(=O)NC)C(O)(O)C(O)(O)C=O)c1ccc(CN2CC(C)(C)OC(C)(C)C2)cc1F. The number of amides is 2. The maximum absolute atomic E-state index is 15.5. The minimum atomic E-state index is -4.37. The van der Waals surface area contributed by atoms with Gasteiger partial charge in [0.05, 0.1) is 17.7 Å². The number of anilines is 1. The van der Waals surface area contributed by atoms with Crippen LogP contribution in [-0.4, -0.2) is 116 Å². The third-order valence-corrected chi connectivity index (χ3v) is 7.93. The smallest absolute Gasteiger partial charge is 0.285 e. The Labute approximate surface area is 273 Å². The molecule has 0 aromatic heterocycles. The molecule has 2 radical (unpaired) electrons. The van der Waals surface area contributed by atoms with Gasteiger partial charge < -0.3 is 46.0 Å². The largest absolute Gasteiger partial charge is 0.376 e. The Balaban J connectivity index is 1.96. The number of rotatable bonds is 13. The molecule has 16 heteroatoms. The van der Waals surface area contributed by atoms with Crippen LogP contribution in [0.2, 0.25) is 0 Å². The van der Waals surface area contributed by atoms with E-state index >= 15 is 4.39 Å². The highest BCUT2D eigenvalue weighted by Crippen LogP contribution is 2.36. The van der Waals surface area contributed by atoms with Gasteiger partial charge in [-0.3, -0.25) is 24.2 Å². The van der Waals surface area contributed by atoms with Crippen molar-refractivity contribution in [3.05, 3.63) is 64.5 Å². The van der Waals surface area contributed by atoms with Gasteiger partial charge >= 0.3 is 0 Å². The highest BCUT2D eigenvalue weighted by molar-refractivity contribution is 6.16. The zero-order valence-electron chi connectivity index (χ0n) is 27.1. The van der Waals surface area contributed by atoms with Gasteiger partial charge in [0.25, 0.3) is 23.2 Å². The standard InChI is InChI=1S/C31H42BFN4O10/c1-19-8-7-9-24(21(19)14-37(18-39)29(43,25(40)34-6)31(45,46)28(41,42)17-38)35-30(32,44)22-11-10-20(12-23(22)33)13-36-15-26(2,3)47-27(4,5)16-36/h7-12,17-18,35,41-46H,13-16H2,1-6H3,(H,34,40). The molecule has 256 valence electrons. The van der Waals surface area contributed by atoms with Crippen LogP contribution in [0.5, 0.6) is 0 Å². The predicted molar refractivity (Wildman–Crippen MR) is 166 cm³/mol. The monoisotopic (exact) mass is 660 g/mol. The Morgan fingerprint density at radius 3 is 2.17 bits per heavy atom. The molecule has 1 aliphatic heterocycles. The average molecular weight is 661 g/mol. The maximum atomic E-state index is 15.5. The first-order valence-electron chi connectivity index (χ1n) is 14.6. The summed E-state index contributed by atoms with van der Waals surface area (Å²) in [6, 6.07) is 8.52. The van der Waals surface area contributed by atoms with Gasteiger partial charge in [-0.1, -0.05) is 24.3 Å². The van der Waals surface area contributed by atoms with Gasteiger partial charge in [0.2, 0.25) is 6.41 Å². The van der Waals surface area contributed by atoms with E-state index in [1.54, 1.807) is 6.07 Å². The zero-order valence-corrected chi connectivity index (χ0v) is 27.1. The van der Waals surface area contributed by atoms with Gasteiger partial charge in [0.1, 0.15) is 11.4 Å². The minimum absolute atomic E-state index is 0.00348. The number of nitrogens with zero attached hydrogens (tertiary/aromatic N) is 2. The second-order valence-corrected chi connectivity index (χ2v) is 13.1. The van der Waals surface area contributed by atoms with Crippen LogP contribution in [0.3, 0.4) is 0 Å². The molecule has 2 unspecified atom stereocenters. The fourth-order valence-corrected chi connectivity index (χ4v) is 5.98. The van der Waals surface area contributed by atoms with Crippen molar-refractivity contribution in [1.29, 1.82) is 0 Å². The lowest BCUT2D eigenvalue weighted by molar-refractivity contribution is -0.399. The van der Waals surface area contributed by atoms with E-state index in [0.29, 0.717) is 30.8 Å². The van der Waals surface area contributed by atoms with E-state index in [4.69, 9.17) is 12.6 Å². The van der Waals surface area contributed by atoms with Gasteiger partial charge in [-0.25, -0.2) is 4.39 Å². The maximum Gasteiger partial charge on any atom is 0.285 e. The number of benzene rings is 2. The van der Waals surface area contributed by atoms with Gasteiger partial charge in [-0.2, -0.15) is 0 Å². The van der Waals surface area contributed by atoms with E-state index < -0.39 is 58.7 Å². The Morgan fingerprint density at radius 1 is 1.06 bits per heavy atom. The zero-order chi connectivity index (χ0) is 35.8. The van der Waals surface area contributed by atoms with Crippen LogP contribution in [0.1, 0.15) is 49.9 Å². The summed E-state index contributed by atoms with van der Waals surface area (Å²) in [6.07, 6.45) is -0.973. The predicted octanol–water partition coefficient (Wildman–Crippen LogP) is -1.14. The van der Waals surface area contributed by atoms with Crippen molar-refractivity contribution in [3.63, 3.8) is 0 Å². The highest BCUT2D eigenvalue weighted by atomic mass is 19.1. The molecule has 1 saturated heterocycles. The van der Waals surface area contributed by atoms with Crippen molar-refractivity contribution in [2.75, 3.05) is 25.5 Å². The molecule has 2 aromatic rings. The number of aliphatic hydroxyl groups is 6. The van der Waals surface area contributed by atoms with Gasteiger partial charge in [0, 0.05) is 37.9 Å². The molecule has 1 aliphatic rings. The first-order valence-corrected chi connectivity index (χ1v) is 14.6. The summed E-state index contributed by atoms with van der Waals surface area (Å²) in [5.74, 6) is -11.1. The summed E-state index contributed by atoms with van der Waals surface area (Å²) < 4.78 is 21.6. The Hall–Kier alpha value is -3.48. The van der Waals surface area contributed by atoms with Crippen molar-refractivity contribution in [1.82, 2.24) is 15.1 Å². The summed E-state index contributed by atoms with van der Waals surface area (Å²) in [4.78, 5) is 38.4. The van der Waals surface area contributed by atoms with Crippen molar-refractivity contribution < 1.29 is 54.2 Å². The number of halogens is 1. The van der Waals surface area contributed by atoms with E-state index in [9.17, 15) is 45.0 Å². The molecule has 2 aromatic carbocycles. The fourth-order valence-electron chi connectivity index (χ4n) is 5.98. The lowest BCUT2D eigenvalue weighted by Crippen LogP contribution is -2.78. The second kappa shape index (κ2) is 13.2. The number of hydrogen-bond donors (Lipinski definition) is 8. The molecule has 8 N–H and O–H groups in total. The van der Waals surface area contributed by atoms with E-state index in [0.717, 1.165) is 7.05 Å². The number of hydrogen-bond acceptors (Lipinski definition) is 12. The van der Waals surface area contributed by atoms with Crippen LogP contribution in [0.25, 0.3) is 0 Å². The van der Waals surface area contributed by atoms with Crippen molar-refractivity contribution in [2.45, 2.75) is 81.8 Å². The number of morpholine rings is 1. The summed E-state index contributed by atoms with van der Waals surface area (Å²) in [7, 11) is 7.09. The van der Waals surface area contributed by atoms with Crippen molar-refractivity contribution in [2.24, 2.45) is 0 Å². The molecule has 1 fully saturated rings. The summed E-state index contributed by atoms with van der Waals surface area (Å²) in [6.45, 7) is 10.1. The Morgan fingerprint density at radius 2 is 1.66 bits per heavy atom. The lowest BCUT2D eigenvalue weighted by Gasteiger charge is -2.47. The van der Waals surface area contributed by atoms with Crippen molar-refractivity contribution in [3.8, 4) is 0 Å². The number of aldehydes is 1. The number of nitrogens with one attached hydrogen (secondary N) is 2. The molecule has 3 rings (SSSR count). The Bertz CT molecular complexity index is 1490. The molecule has 2 amide bonds. The number of aryl methyl sites for hydroxylation is 1. The summed E-state index contributed by atoms with van der Waals surface area (Å²) in [5, 5.41) is 67.7. The normalized spacial score (nSPS) is 19.2. The van der Waals surface area contributed by atoms with E-state index in [1.165, 1.54) is 37.3 Å². The number of carbonyl (C=O) groups is 3. The first-order chi connectivity index (χ1) is 21.5. The fraction of sp³-hybridized carbons (Fsp3) is 0.516. The van der Waals surface area contributed by atoms with Gasteiger partial charge in [-0.15, -0.1) is 0 Å². The quantitative estimate of drug-likeness (QED) is 0.0728. The topological polar surface area (TPSA) is 212 Å². The molecule has 47 heavy (non-hydrogen) atoms. The van der Waals surface area contributed by atoms with Crippen LogP contribution >= 0.6 is 0 Å². The Kier molecular flexibility index (Phi) is 10.7. The van der Waals surface area contributed by atoms with Crippen LogP contribution in [0.4, 0.5) is 10.1 Å². The molecule has 2 atom stereocenters. The molecule has 1 heterocycles. The second-order valence-electron chi connectivity index (χ2n) is 13.1. The van der Waals surface area contributed by atoms with Crippen LogP contribution < -0.4 is 10.6 Å².